The predicted molar refractivity (Wildman–Crippen MR) is 337 cm³/mol. The molecule has 1 aliphatic rings. The van der Waals surface area contributed by atoms with E-state index in [1.54, 1.807) is 77.0 Å². The highest BCUT2D eigenvalue weighted by molar-refractivity contribution is 7.45. The molecule has 1 aliphatic heterocycles. The highest BCUT2D eigenvalue weighted by Crippen LogP contribution is 2.45. The number of benzene rings is 6. The SMILES string of the molecule is CN1CC[n+]2ccccc21.COc1ccc(C(OC/C(=C/n2cc(C)c(=O)[nH]c2=O)COP(=O)([O-])OC/C(=C\n2cc(C)c(=O)[nH]c2=O)COC(c2ccccc2)(c2ccc(OC)cc2)c2ccc(OC)cc2)(c2ccccc2)c2ccc(OC)cc2)cc1. The van der Waals surface area contributed by atoms with Crippen LogP contribution in [0.2, 0.25) is 0 Å². The molecule has 0 bridgehead atoms. The summed E-state index contributed by atoms with van der Waals surface area (Å²) in [7, 11) is 2.97. The first-order valence-corrected chi connectivity index (χ1v) is 29.7. The van der Waals surface area contributed by atoms with Gasteiger partial charge in [0.2, 0.25) is 0 Å². The molecule has 0 radical (unpaired) electrons. The zero-order valence-electron chi connectivity index (χ0n) is 50.3. The molecule has 0 amide bonds. The van der Waals surface area contributed by atoms with Gasteiger partial charge in [0.05, 0.1) is 68.1 Å². The summed E-state index contributed by atoms with van der Waals surface area (Å²) in [6.07, 6.45) is 7.36. The van der Waals surface area contributed by atoms with E-state index in [2.05, 4.69) is 50.9 Å². The van der Waals surface area contributed by atoms with Gasteiger partial charge in [0.15, 0.2) is 0 Å². The van der Waals surface area contributed by atoms with Crippen molar-refractivity contribution in [1.82, 2.24) is 19.1 Å². The van der Waals surface area contributed by atoms with E-state index in [0.717, 1.165) is 22.2 Å². The third kappa shape index (κ3) is 15.0. The Morgan fingerprint density at radius 2 is 0.843 bits per heavy atom. The minimum atomic E-state index is -5.37. The lowest BCUT2D eigenvalue weighted by atomic mass is 9.80. The molecule has 0 aliphatic carbocycles. The van der Waals surface area contributed by atoms with E-state index in [-0.39, 0.29) is 35.5 Å². The van der Waals surface area contributed by atoms with Crippen LogP contribution in [-0.4, -0.2) is 87.6 Å². The number of H-pyrrole nitrogens is 2. The van der Waals surface area contributed by atoms with Gasteiger partial charge in [-0.1, -0.05) is 115 Å². The van der Waals surface area contributed by atoms with Crippen LogP contribution in [0.3, 0.4) is 0 Å². The van der Waals surface area contributed by atoms with Crippen molar-refractivity contribution < 1.29 is 51.5 Å². The molecule has 20 nitrogen and oxygen atoms in total. The summed E-state index contributed by atoms with van der Waals surface area (Å²) < 4.78 is 66.1. The van der Waals surface area contributed by atoms with Crippen molar-refractivity contribution in [1.29, 1.82) is 0 Å². The number of ether oxygens (including phenoxy) is 6. The number of rotatable bonds is 24. The van der Waals surface area contributed by atoms with E-state index in [0.29, 0.717) is 56.4 Å². The summed E-state index contributed by atoms with van der Waals surface area (Å²) in [5.41, 5.74) is -1.01. The average molecular weight is 1230 g/mol. The highest BCUT2D eigenvalue weighted by Gasteiger charge is 2.40. The van der Waals surface area contributed by atoms with Crippen molar-refractivity contribution in [3.63, 3.8) is 0 Å². The number of methoxy groups -OCH3 is 4. The number of aromatic nitrogens is 5. The number of nitrogens with one attached hydrogen (secondary N) is 2. The molecule has 460 valence electrons. The Hall–Kier alpha value is -9.66. The largest absolute Gasteiger partial charge is 0.756 e. The smallest absolute Gasteiger partial charge is 0.332 e. The first-order chi connectivity index (χ1) is 43.0. The van der Waals surface area contributed by atoms with Crippen LogP contribution in [0, 0.1) is 13.8 Å². The van der Waals surface area contributed by atoms with Gasteiger partial charge in [0.1, 0.15) is 47.3 Å². The van der Waals surface area contributed by atoms with Gasteiger partial charge >= 0.3 is 11.4 Å². The van der Waals surface area contributed by atoms with Crippen LogP contribution in [0.25, 0.3) is 12.4 Å². The second-order valence-electron chi connectivity index (χ2n) is 20.8. The number of hydrogen-bond donors (Lipinski definition) is 2. The van der Waals surface area contributed by atoms with E-state index in [1.807, 2.05) is 109 Å². The highest BCUT2D eigenvalue weighted by atomic mass is 31.2. The van der Waals surface area contributed by atoms with E-state index in [9.17, 15) is 28.6 Å². The summed E-state index contributed by atoms with van der Waals surface area (Å²) in [6, 6.07) is 54.1. The van der Waals surface area contributed by atoms with Crippen molar-refractivity contribution >= 4 is 26.0 Å². The number of phosphoric ester groups is 1. The molecule has 9 aromatic rings. The van der Waals surface area contributed by atoms with E-state index >= 15 is 0 Å². The normalized spacial score (nSPS) is 13.2. The third-order valence-corrected chi connectivity index (χ3v) is 15.9. The van der Waals surface area contributed by atoms with Crippen LogP contribution in [0.15, 0.2) is 225 Å². The van der Waals surface area contributed by atoms with Gasteiger partial charge in [-0.15, -0.1) is 0 Å². The second kappa shape index (κ2) is 28.9. The Morgan fingerprint density at radius 3 is 1.18 bits per heavy atom. The van der Waals surface area contributed by atoms with Crippen molar-refractivity contribution in [2.75, 3.05) is 73.4 Å². The number of hydrogen-bond acceptors (Lipinski definition) is 15. The Labute approximate surface area is 514 Å². The fourth-order valence-corrected chi connectivity index (χ4v) is 11.0. The molecular formula is C68H69N6O14P. The van der Waals surface area contributed by atoms with Crippen LogP contribution >= 0.6 is 7.82 Å². The zero-order valence-corrected chi connectivity index (χ0v) is 51.2. The number of likely N-dealkylation sites (N-methyl/N-ethyl adjacent to an activating group) is 1. The predicted octanol–water partition coefficient (Wildman–Crippen LogP) is 8.36. The number of aromatic amines is 2. The minimum absolute atomic E-state index is 0.108. The molecule has 89 heavy (non-hydrogen) atoms. The summed E-state index contributed by atoms with van der Waals surface area (Å²) in [5.74, 6) is 3.67. The van der Waals surface area contributed by atoms with Gasteiger partial charge in [-0.3, -0.25) is 38.2 Å². The number of anilines is 1. The van der Waals surface area contributed by atoms with Gasteiger partial charge < -0.3 is 42.4 Å². The van der Waals surface area contributed by atoms with Crippen LogP contribution in [0.1, 0.15) is 44.5 Å². The van der Waals surface area contributed by atoms with Crippen molar-refractivity contribution in [2.24, 2.45) is 0 Å². The van der Waals surface area contributed by atoms with E-state index in [4.69, 9.17) is 37.5 Å². The molecular weight excluding hydrogens is 1160 g/mol. The maximum absolute atomic E-state index is 14.2. The van der Waals surface area contributed by atoms with E-state index < -0.39 is 54.7 Å². The standard InChI is InChI=1S/C60H59N4O14P.C8H11N2/c1-41-33-63(57(67)61-55(41)65)35-43(37-75-59(45-13-9-7-10-14-45,47-17-25-51(71-3)26-18-47)48-19-27-52(72-4)28-20-48)39-77-79(69,70)78-40-44(36-64-34-42(2)56(66)62-58(64)68)38-76-60(46-15-11-8-12-16-46,49-21-29-53(73-5)30-22-49)50-23-31-54(74-6)32-24-50;1-9-6-7-10-5-3-2-4-8(9)10/h7-36H,37-40H2,1-6H3,(H,69,70)(H,61,65,67)(H,62,66,68);2-5H,6-7H2,1H3/q;+1/p-1/b43-35-,44-36-;. The molecule has 21 heteroatoms. The minimum Gasteiger partial charge on any atom is -0.756 e. The lowest BCUT2D eigenvalue weighted by molar-refractivity contribution is -0.670. The molecule has 10 rings (SSSR count). The molecule has 0 saturated carbocycles. The van der Waals surface area contributed by atoms with Gasteiger partial charge in [0.25, 0.3) is 24.8 Å². The van der Waals surface area contributed by atoms with Crippen LogP contribution in [0.4, 0.5) is 5.82 Å². The number of phosphoric acid groups is 1. The maximum atomic E-state index is 14.2. The third-order valence-electron chi connectivity index (χ3n) is 15.0. The quantitative estimate of drug-likeness (QED) is 0.0329. The Kier molecular flexibility index (Phi) is 20.7. The molecule has 2 N–H and O–H groups in total. The molecule has 0 saturated heterocycles. The van der Waals surface area contributed by atoms with Crippen LogP contribution < -0.4 is 55.8 Å². The van der Waals surface area contributed by atoms with Gasteiger partial charge in [0, 0.05) is 42.0 Å². The topological polar surface area (TPSA) is 231 Å². The van der Waals surface area contributed by atoms with Crippen LogP contribution in [0.5, 0.6) is 23.0 Å². The zero-order chi connectivity index (χ0) is 63.1. The van der Waals surface area contributed by atoms with Crippen molar-refractivity contribution in [2.45, 2.75) is 31.6 Å². The average Bonchev–Trinajstić information content (AvgIpc) is 1.28. The molecule has 0 atom stereocenters. The van der Waals surface area contributed by atoms with Gasteiger partial charge in [-0.05, 0) is 113 Å². The van der Waals surface area contributed by atoms with Gasteiger partial charge in [-0.25, -0.2) is 14.2 Å². The number of nitrogens with zero attached hydrogens (tertiary/aromatic N) is 4. The molecule has 0 fully saturated rings. The fourth-order valence-electron chi connectivity index (χ4n) is 10.3. The first kappa shape index (κ1) is 63.8. The molecule has 0 spiro atoms. The number of aryl methyl sites for hydroxylation is 2. The molecule has 4 heterocycles. The Balaban J connectivity index is 0.000000848. The Morgan fingerprint density at radius 1 is 0.506 bits per heavy atom. The van der Waals surface area contributed by atoms with E-state index in [1.165, 1.54) is 44.5 Å². The number of pyridine rings is 1. The Bertz CT molecular complexity index is 3870. The summed E-state index contributed by atoms with van der Waals surface area (Å²) in [6.45, 7) is 3.11. The lowest BCUT2D eigenvalue weighted by Crippen LogP contribution is -2.34. The van der Waals surface area contributed by atoms with Crippen molar-refractivity contribution in [3.8, 4) is 23.0 Å². The second-order valence-corrected chi connectivity index (χ2v) is 22.2. The molecule has 6 aromatic carbocycles. The monoisotopic (exact) mass is 1220 g/mol. The van der Waals surface area contributed by atoms with Gasteiger partial charge in [-0.2, -0.15) is 0 Å². The maximum Gasteiger partial charge on any atom is 0.332 e. The first-order valence-electron chi connectivity index (χ1n) is 28.3. The fraction of sp³-hybridized carbons (Fsp3) is 0.221. The summed E-state index contributed by atoms with van der Waals surface area (Å²) >= 11 is 0. The summed E-state index contributed by atoms with van der Waals surface area (Å²) in [4.78, 5) is 72.7. The lowest BCUT2D eigenvalue weighted by Gasteiger charge is -2.37. The van der Waals surface area contributed by atoms with Crippen LogP contribution in [-0.2, 0) is 40.8 Å². The summed E-state index contributed by atoms with van der Waals surface area (Å²) in [5, 5.41) is 0. The number of fused-ring (bicyclic) bond motifs is 1. The van der Waals surface area contributed by atoms with Crippen molar-refractivity contribution in [3.05, 3.63) is 292 Å². The molecule has 0 unspecified atom stereocenters. The molecule has 3 aromatic heterocycles.